The van der Waals surface area contributed by atoms with E-state index >= 15 is 13.2 Å². The summed E-state index contributed by atoms with van der Waals surface area (Å²) in [7, 11) is 0. The van der Waals surface area contributed by atoms with E-state index in [2.05, 4.69) is 6.92 Å². The number of hydrogen-bond acceptors (Lipinski definition) is 3. The zero-order valence-corrected chi connectivity index (χ0v) is 22.3. The van der Waals surface area contributed by atoms with Crippen LogP contribution in [-0.4, -0.2) is 25.4 Å². The molecule has 2 aliphatic rings. The molecule has 9 heteroatoms. The third-order valence-electron chi connectivity index (χ3n) is 7.91. The van der Waals surface area contributed by atoms with E-state index in [0.29, 0.717) is 30.8 Å². The van der Waals surface area contributed by atoms with Crippen LogP contribution in [0, 0.1) is 17.7 Å². The minimum Gasteiger partial charge on any atom is -0.494 e. The van der Waals surface area contributed by atoms with Gasteiger partial charge in [0.05, 0.1) is 36.5 Å². The van der Waals surface area contributed by atoms with Crippen molar-refractivity contribution in [1.82, 2.24) is 0 Å². The number of halogens is 6. The SMILES string of the molecule is CCCC1CCC(C2CCC(OC(F)(F)c3ccc(-c4ccc(OCC)cc4)c(C(F)(F)F)c3F)CO2)CC1. The monoisotopic (exact) mass is 558 g/mol. The van der Waals surface area contributed by atoms with Crippen LogP contribution in [0.5, 0.6) is 5.75 Å². The fourth-order valence-corrected chi connectivity index (χ4v) is 5.96. The average molecular weight is 559 g/mol. The predicted molar refractivity (Wildman–Crippen MR) is 136 cm³/mol. The summed E-state index contributed by atoms with van der Waals surface area (Å²) < 4.78 is 103. The highest BCUT2D eigenvalue weighted by Gasteiger charge is 2.46. The molecule has 0 aromatic heterocycles. The standard InChI is InChI=1S/C30H36F6O3/c1-3-5-19-6-8-21(9-7-19)26-17-14-23(18-38-26)39-30(35,36)25-16-15-24(27(28(25)31)29(32,33)34)20-10-12-22(13-11-20)37-4-2/h10-13,15-16,19,21,23,26H,3-9,14,17-18H2,1-2H3. The Kier molecular flexibility index (Phi) is 9.53. The maximum Gasteiger partial charge on any atom is 0.419 e. The molecular weight excluding hydrogens is 522 g/mol. The fraction of sp³-hybridized carbons (Fsp3) is 0.600. The molecule has 1 aliphatic carbocycles. The van der Waals surface area contributed by atoms with Crippen LogP contribution in [0.1, 0.15) is 76.3 Å². The van der Waals surface area contributed by atoms with E-state index in [9.17, 15) is 13.2 Å². The summed E-state index contributed by atoms with van der Waals surface area (Å²) >= 11 is 0. The molecular formula is C30H36F6O3. The number of hydrogen-bond donors (Lipinski definition) is 0. The molecule has 2 fully saturated rings. The molecule has 1 saturated heterocycles. The van der Waals surface area contributed by atoms with Gasteiger partial charge < -0.3 is 14.2 Å². The summed E-state index contributed by atoms with van der Waals surface area (Å²) in [4.78, 5) is 0. The van der Waals surface area contributed by atoms with Gasteiger partial charge in [-0.25, -0.2) is 4.39 Å². The van der Waals surface area contributed by atoms with Crippen LogP contribution in [0.25, 0.3) is 11.1 Å². The fourth-order valence-electron chi connectivity index (χ4n) is 5.96. The number of benzene rings is 2. The average Bonchev–Trinajstić information content (AvgIpc) is 2.89. The molecule has 2 aromatic rings. The minimum atomic E-state index is -5.21. The predicted octanol–water partition coefficient (Wildman–Crippen LogP) is 9.13. The molecule has 0 radical (unpaired) electrons. The largest absolute Gasteiger partial charge is 0.494 e. The molecule has 1 saturated carbocycles. The van der Waals surface area contributed by atoms with E-state index in [1.807, 2.05) is 0 Å². The molecule has 4 rings (SSSR count). The second-order valence-corrected chi connectivity index (χ2v) is 10.6. The molecule has 39 heavy (non-hydrogen) atoms. The van der Waals surface area contributed by atoms with Gasteiger partial charge in [0.2, 0.25) is 0 Å². The van der Waals surface area contributed by atoms with Gasteiger partial charge in [0.25, 0.3) is 0 Å². The molecule has 2 aromatic carbocycles. The first-order chi connectivity index (χ1) is 18.5. The molecule has 2 unspecified atom stereocenters. The summed E-state index contributed by atoms with van der Waals surface area (Å²) in [6, 6.07) is 7.06. The smallest absolute Gasteiger partial charge is 0.419 e. The van der Waals surface area contributed by atoms with E-state index in [4.69, 9.17) is 14.2 Å². The lowest BCUT2D eigenvalue weighted by Gasteiger charge is -2.38. The van der Waals surface area contributed by atoms with Crippen molar-refractivity contribution in [1.29, 1.82) is 0 Å². The van der Waals surface area contributed by atoms with E-state index in [0.717, 1.165) is 44.1 Å². The van der Waals surface area contributed by atoms with Gasteiger partial charge in [0, 0.05) is 0 Å². The van der Waals surface area contributed by atoms with E-state index in [1.165, 1.54) is 30.7 Å². The van der Waals surface area contributed by atoms with Crippen LogP contribution in [0.2, 0.25) is 0 Å². The maximum absolute atomic E-state index is 15.2. The Morgan fingerprint density at radius 3 is 2.13 bits per heavy atom. The van der Waals surface area contributed by atoms with Gasteiger partial charge in [0.1, 0.15) is 11.6 Å². The van der Waals surface area contributed by atoms with Crippen molar-refractivity contribution in [2.75, 3.05) is 13.2 Å². The topological polar surface area (TPSA) is 27.7 Å². The van der Waals surface area contributed by atoms with Crippen molar-refractivity contribution in [3.63, 3.8) is 0 Å². The highest BCUT2D eigenvalue weighted by molar-refractivity contribution is 5.69. The first-order valence-electron chi connectivity index (χ1n) is 13.8. The molecule has 3 nitrogen and oxygen atoms in total. The summed E-state index contributed by atoms with van der Waals surface area (Å²) in [5.74, 6) is -0.506. The van der Waals surface area contributed by atoms with Crippen LogP contribution in [-0.2, 0) is 21.8 Å². The molecule has 1 aliphatic heterocycles. The van der Waals surface area contributed by atoms with E-state index in [-0.39, 0.29) is 24.7 Å². The van der Waals surface area contributed by atoms with Gasteiger partial charge in [-0.2, -0.15) is 22.0 Å². The van der Waals surface area contributed by atoms with Crippen molar-refractivity contribution in [3.05, 3.63) is 53.3 Å². The molecule has 216 valence electrons. The summed E-state index contributed by atoms with van der Waals surface area (Å²) in [6.45, 7) is 4.19. The zero-order chi connectivity index (χ0) is 28.2. The Hall–Kier alpha value is -2.26. The van der Waals surface area contributed by atoms with Crippen LogP contribution in [0.4, 0.5) is 26.3 Å². The normalized spacial score (nSPS) is 24.5. The van der Waals surface area contributed by atoms with Crippen molar-refractivity contribution < 1.29 is 40.6 Å². The number of alkyl halides is 5. The van der Waals surface area contributed by atoms with Crippen LogP contribution in [0.3, 0.4) is 0 Å². The Balaban J connectivity index is 1.46. The number of ether oxygens (including phenoxy) is 3. The lowest BCUT2D eigenvalue weighted by Crippen LogP contribution is -2.39. The molecule has 0 amide bonds. The minimum absolute atomic E-state index is 0.0240. The van der Waals surface area contributed by atoms with Gasteiger partial charge >= 0.3 is 12.3 Å². The Bertz CT molecular complexity index is 1070. The van der Waals surface area contributed by atoms with E-state index in [1.54, 1.807) is 6.92 Å². The van der Waals surface area contributed by atoms with Crippen molar-refractivity contribution in [2.24, 2.45) is 11.8 Å². The summed E-state index contributed by atoms with van der Waals surface area (Å²) in [5, 5.41) is 0. The Morgan fingerprint density at radius 1 is 0.872 bits per heavy atom. The summed E-state index contributed by atoms with van der Waals surface area (Å²) in [6.07, 6.45) is -3.00. The van der Waals surface area contributed by atoms with Crippen molar-refractivity contribution in [3.8, 4) is 16.9 Å². The second-order valence-electron chi connectivity index (χ2n) is 10.6. The first-order valence-corrected chi connectivity index (χ1v) is 13.8. The lowest BCUT2D eigenvalue weighted by molar-refractivity contribution is -0.291. The third-order valence-corrected chi connectivity index (χ3v) is 7.91. The molecule has 0 spiro atoms. The highest BCUT2D eigenvalue weighted by atomic mass is 19.4. The van der Waals surface area contributed by atoms with Gasteiger partial charge in [-0.15, -0.1) is 0 Å². The Labute approximate surface area is 225 Å². The number of rotatable bonds is 9. The first kappa shape index (κ1) is 29.7. The molecule has 2 atom stereocenters. The summed E-state index contributed by atoms with van der Waals surface area (Å²) in [5.41, 5.74) is -3.72. The quantitative estimate of drug-likeness (QED) is 0.287. The van der Waals surface area contributed by atoms with E-state index < -0.39 is 40.9 Å². The second kappa shape index (κ2) is 12.5. The van der Waals surface area contributed by atoms with Gasteiger partial charge in [-0.1, -0.05) is 50.8 Å². The zero-order valence-electron chi connectivity index (χ0n) is 22.3. The van der Waals surface area contributed by atoms with Crippen LogP contribution < -0.4 is 4.74 Å². The Morgan fingerprint density at radius 2 is 1.56 bits per heavy atom. The molecule has 1 heterocycles. The van der Waals surface area contributed by atoms with Crippen molar-refractivity contribution >= 4 is 0 Å². The van der Waals surface area contributed by atoms with Crippen LogP contribution >= 0.6 is 0 Å². The molecule has 0 N–H and O–H groups in total. The van der Waals surface area contributed by atoms with Crippen molar-refractivity contribution in [2.45, 2.75) is 89.7 Å². The maximum atomic E-state index is 15.2. The van der Waals surface area contributed by atoms with Gasteiger partial charge in [-0.3, -0.25) is 0 Å². The highest BCUT2D eigenvalue weighted by Crippen LogP contribution is 2.45. The third kappa shape index (κ3) is 7.09. The lowest BCUT2D eigenvalue weighted by atomic mass is 9.76. The molecule has 0 bridgehead atoms. The van der Waals surface area contributed by atoms with Gasteiger partial charge in [-0.05, 0) is 73.8 Å². The van der Waals surface area contributed by atoms with Gasteiger partial charge in [0.15, 0.2) is 0 Å². The van der Waals surface area contributed by atoms with Crippen LogP contribution in [0.15, 0.2) is 36.4 Å².